The number of hydrogen-bond acceptors (Lipinski definition) is 0. The molecular weight excluding hydrogens is 322 g/mol. The molecule has 1 aromatic carbocycles. The summed E-state index contributed by atoms with van der Waals surface area (Å²) in [7, 11) is 0. The van der Waals surface area contributed by atoms with E-state index in [-0.39, 0.29) is 29.0 Å². The van der Waals surface area contributed by atoms with Gasteiger partial charge in [-0.3, -0.25) is 0 Å². The third kappa shape index (κ3) is 3.57. The standard InChI is InChI=1S/C7H2BrClF3.Zn/c8-6-3-4(9)1-2-5(6)7(10,11)12;/h2-3H;. The van der Waals surface area contributed by atoms with E-state index in [1.807, 2.05) is 0 Å². The van der Waals surface area contributed by atoms with Gasteiger partial charge in [-0.1, -0.05) is 27.5 Å². The van der Waals surface area contributed by atoms with Crippen LogP contribution in [-0.4, -0.2) is 0 Å². The average Bonchev–Trinajstić information content (AvgIpc) is 1.83. The topological polar surface area (TPSA) is 0 Å². The van der Waals surface area contributed by atoms with E-state index >= 15 is 0 Å². The summed E-state index contributed by atoms with van der Waals surface area (Å²) in [6, 6.07) is 4.23. The zero-order valence-electron chi connectivity index (χ0n) is 6.25. The van der Waals surface area contributed by atoms with E-state index in [9.17, 15) is 13.2 Å². The Hall–Kier alpha value is 0.403. The van der Waals surface area contributed by atoms with Crippen LogP contribution in [0.4, 0.5) is 13.2 Å². The first-order valence-corrected chi connectivity index (χ1v) is 4.02. The van der Waals surface area contributed by atoms with Crippen LogP contribution in [0.15, 0.2) is 16.6 Å². The first-order chi connectivity index (χ1) is 5.41. The zero-order valence-corrected chi connectivity index (χ0v) is 11.6. The summed E-state index contributed by atoms with van der Waals surface area (Å²) < 4.78 is 36.2. The van der Waals surface area contributed by atoms with Gasteiger partial charge in [0.05, 0.1) is 5.56 Å². The van der Waals surface area contributed by atoms with Gasteiger partial charge in [-0.15, -0.1) is 0 Å². The minimum Gasteiger partial charge on any atom is -0.166 e. The molecule has 0 amide bonds. The number of hydrogen-bond donors (Lipinski definition) is 0. The molecule has 13 heavy (non-hydrogen) atoms. The first-order valence-electron chi connectivity index (χ1n) is 2.85. The Balaban J connectivity index is 0.00000144. The maximum absolute atomic E-state index is 12.1. The van der Waals surface area contributed by atoms with Crippen molar-refractivity contribution in [2.24, 2.45) is 0 Å². The zero-order chi connectivity index (χ0) is 9.35. The van der Waals surface area contributed by atoms with Crippen LogP contribution in [0.3, 0.4) is 0 Å². The van der Waals surface area contributed by atoms with Crippen molar-refractivity contribution in [1.82, 2.24) is 0 Å². The van der Waals surface area contributed by atoms with E-state index < -0.39 is 11.7 Å². The van der Waals surface area contributed by atoms with E-state index in [0.29, 0.717) is 0 Å². The molecule has 0 nitrogen and oxygen atoms in total. The summed E-state index contributed by atoms with van der Waals surface area (Å²) in [6.07, 6.45) is -4.36. The second-order valence-corrected chi connectivity index (χ2v) is 3.30. The molecule has 1 rings (SSSR count). The van der Waals surface area contributed by atoms with Crippen LogP contribution >= 0.6 is 27.5 Å². The quantitative estimate of drug-likeness (QED) is 0.635. The van der Waals surface area contributed by atoms with Crippen molar-refractivity contribution in [2.45, 2.75) is 6.18 Å². The third-order valence-corrected chi connectivity index (χ3v) is 2.04. The normalized spacial score (nSPS) is 10.8. The van der Waals surface area contributed by atoms with Crippen molar-refractivity contribution < 1.29 is 32.6 Å². The fourth-order valence-corrected chi connectivity index (χ4v) is 1.52. The minimum atomic E-state index is -4.36. The molecule has 67 valence electrons. The van der Waals surface area contributed by atoms with E-state index in [1.165, 1.54) is 0 Å². The van der Waals surface area contributed by atoms with Gasteiger partial charge in [0.1, 0.15) is 0 Å². The Morgan fingerprint density at radius 2 is 1.92 bits per heavy atom. The van der Waals surface area contributed by atoms with E-state index in [4.69, 9.17) is 11.6 Å². The summed E-state index contributed by atoms with van der Waals surface area (Å²) in [5.41, 5.74) is -0.771. The molecule has 0 saturated carbocycles. The second kappa shape index (κ2) is 4.76. The number of alkyl halides is 3. The van der Waals surface area contributed by atoms with Crippen molar-refractivity contribution in [3.8, 4) is 0 Å². The molecule has 0 fully saturated rings. The summed E-state index contributed by atoms with van der Waals surface area (Å²) in [5.74, 6) is 0. The minimum absolute atomic E-state index is 0. The van der Waals surface area contributed by atoms with Gasteiger partial charge in [0.2, 0.25) is 0 Å². The molecule has 0 N–H and O–H groups in total. The van der Waals surface area contributed by atoms with Crippen LogP contribution in [-0.2, 0) is 25.7 Å². The molecule has 0 spiro atoms. The van der Waals surface area contributed by atoms with Crippen LogP contribution in [0.2, 0.25) is 5.02 Å². The molecule has 1 radical (unpaired) electrons. The van der Waals surface area contributed by atoms with Gasteiger partial charge >= 0.3 is 6.18 Å². The van der Waals surface area contributed by atoms with Crippen LogP contribution in [0.5, 0.6) is 0 Å². The van der Waals surface area contributed by atoms with Gasteiger partial charge in [0.25, 0.3) is 0 Å². The summed E-state index contributed by atoms with van der Waals surface area (Å²) in [6.45, 7) is 0. The molecule has 6 heteroatoms. The molecule has 0 saturated heterocycles. The van der Waals surface area contributed by atoms with Crippen molar-refractivity contribution >= 4 is 27.5 Å². The van der Waals surface area contributed by atoms with E-state index in [1.54, 1.807) is 0 Å². The Kier molecular flexibility index (Phi) is 4.91. The molecular formula is C7H2BrClF3Zn. The maximum Gasteiger partial charge on any atom is 0.417 e. The van der Waals surface area contributed by atoms with Crippen molar-refractivity contribution in [3.63, 3.8) is 0 Å². The summed E-state index contributed by atoms with van der Waals surface area (Å²) in [5, 5.41) is 0.148. The summed E-state index contributed by atoms with van der Waals surface area (Å²) >= 11 is 8.17. The maximum atomic E-state index is 12.1. The van der Waals surface area contributed by atoms with Gasteiger partial charge < -0.3 is 0 Å². The molecule has 0 atom stereocenters. The van der Waals surface area contributed by atoms with Crippen LogP contribution in [0.1, 0.15) is 5.56 Å². The van der Waals surface area contributed by atoms with E-state index in [0.717, 1.165) is 12.1 Å². The monoisotopic (exact) mass is 321 g/mol. The molecule has 0 unspecified atom stereocenters. The third-order valence-electron chi connectivity index (χ3n) is 1.17. The molecule has 1 aromatic rings. The molecule has 0 aliphatic heterocycles. The molecule has 0 bridgehead atoms. The predicted octanol–water partition coefficient (Wildman–Crippen LogP) is 3.92. The van der Waals surface area contributed by atoms with Crippen molar-refractivity contribution in [1.29, 1.82) is 0 Å². The predicted molar refractivity (Wildman–Crippen MR) is 43.0 cm³/mol. The SMILES string of the molecule is FC(F)(F)c1c[c]c(Cl)cc1Br.[Zn]. The fraction of sp³-hybridized carbons (Fsp3) is 0.143. The molecule has 0 aromatic heterocycles. The van der Waals surface area contributed by atoms with Gasteiger partial charge in [-0.05, 0) is 12.1 Å². The van der Waals surface area contributed by atoms with Crippen LogP contribution in [0.25, 0.3) is 0 Å². The second-order valence-electron chi connectivity index (χ2n) is 2.04. The Labute approximate surface area is 99.3 Å². The fourth-order valence-electron chi connectivity index (χ4n) is 0.658. The first kappa shape index (κ1) is 13.4. The Bertz CT molecular complexity index is 300. The largest absolute Gasteiger partial charge is 0.417 e. The van der Waals surface area contributed by atoms with Crippen LogP contribution < -0.4 is 0 Å². The number of halogens is 5. The average molecular weight is 324 g/mol. The molecule has 0 aliphatic rings. The van der Waals surface area contributed by atoms with Gasteiger partial charge in [0, 0.05) is 35.0 Å². The Morgan fingerprint density at radius 3 is 2.31 bits per heavy atom. The smallest absolute Gasteiger partial charge is 0.166 e. The summed E-state index contributed by atoms with van der Waals surface area (Å²) in [4.78, 5) is 0. The number of rotatable bonds is 0. The van der Waals surface area contributed by atoms with E-state index in [2.05, 4.69) is 22.0 Å². The van der Waals surface area contributed by atoms with Gasteiger partial charge in [0.15, 0.2) is 0 Å². The molecule has 0 heterocycles. The van der Waals surface area contributed by atoms with Crippen LogP contribution in [0, 0.1) is 6.07 Å². The molecule has 0 aliphatic carbocycles. The van der Waals surface area contributed by atoms with Crippen molar-refractivity contribution in [2.75, 3.05) is 0 Å². The van der Waals surface area contributed by atoms with Crippen molar-refractivity contribution in [3.05, 3.63) is 33.3 Å². The number of benzene rings is 1. The van der Waals surface area contributed by atoms with Gasteiger partial charge in [-0.2, -0.15) is 13.2 Å². The van der Waals surface area contributed by atoms with Gasteiger partial charge in [-0.25, -0.2) is 0 Å². The Morgan fingerprint density at radius 1 is 1.38 bits per heavy atom.